The van der Waals surface area contributed by atoms with E-state index in [0.717, 1.165) is 37.2 Å². The van der Waals surface area contributed by atoms with Crippen LogP contribution >= 0.6 is 11.6 Å². The second-order valence-electron chi connectivity index (χ2n) is 6.59. The smallest absolute Gasteiger partial charge is 0.224 e. The van der Waals surface area contributed by atoms with Crippen LogP contribution in [0.25, 0.3) is 0 Å². The maximum Gasteiger partial charge on any atom is 0.224 e. The third-order valence-corrected chi connectivity index (χ3v) is 5.10. The molecule has 1 fully saturated rings. The molecule has 5 nitrogen and oxygen atoms in total. The molecule has 2 N–H and O–H groups in total. The first-order valence-corrected chi connectivity index (χ1v) is 9.35. The molecule has 1 aromatic heterocycles. The SMILES string of the molecule is O=C(NC(c1ccc(Cl)cc1)c1ccccn1)C1CCN(CCO)CC1. The summed E-state index contributed by atoms with van der Waals surface area (Å²) in [6, 6.07) is 12.9. The number of hydrogen-bond donors (Lipinski definition) is 2. The first-order chi connectivity index (χ1) is 12.7. The molecule has 0 radical (unpaired) electrons. The summed E-state index contributed by atoms with van der Waals surface area (Å²) in [7, 11) is 0. The molecule has 3 rings (SSSR count). The van der Waals surface area contributed by atoms with Gasteiger partial charge in [-0.25, -0.2) is 0 Å². The minimum absolute atomic E-state index is 0.0107. The van der Waals surface area contributed by atoms with Crippen LogP contribution in [0.3, 0.4) is 0 Å². The van der Waals surface area contributed by atoms with Crippen molar-refractivity contribution < 1.29 is 9.90 Å². The maximum atomic E-state index is 12.9. The minimum atomic E-state index is -0.295. The highest BCUT2D eigenvalue weighted by Crippen LogP contribution is 2.24. The number of aromatic nitrogens is 1. The summed E-state index contributed by atoms with van der Waals surface area (Å²) in [5, 5.41) is 12.9. The van der Waals surface area contributed by atoms with E-state index in [1.165, 1.54) is 0 Å². The normalized spacial score (nSPS) is 17.0. The Bertz CT molecular complexity index is 701. The lowest BCUT2D eigenvalue weighted by atomic mass is 9.94. The van der Waals surface area contributed by atoms with Crippen LogP contribution in [-0.4, -0.2) is 47.1 Å². The van der Waals surface area contributed by atoms with Crippen molar-refractivity contribution in [1.29, 1.82) is 0 Å². The molecule has 0 aliphatic carbocycles. The Kier molecular flexibility index (Phi) is 6.61. The van der Waals surface area contributed by atoms with Crippen LogP contribution in [0.5, 0.6) is 0 Å². The van der Waals surface area contributed by atoms with Crippen molar-refractivity contribution in [3.05, 3.63) is 64.9 Å². The van der Waals surface area contributed by atoms with Gasteiger partial charge < -0.3 is 15.3 Å². The van der Waals surface area contributed by atoms with Crippen LogP contribution in [0.15, 0.2) is 48.7 Å². The Morgan fingerprint density at radius 1 is 1.23 bits per heavy atom. The minimum Gasteiger partial charge on any atom is -0.395 e. The van der Waals surface area contributed by atoms with Gasteiger partial charge in [-0.3, -0.25) is 9.78 Å². The number of pyridine rings is 1. The van der Waals surface area contributed by atoms with E-state index in [0.29, 0.717) is 11.6 Å². The number of piperidine rings is 1. The number of carbonyl (C=O) groups excluding carboxylic acids is 1. The largest absolute Gasteiger partial charge is 0.395 e. The maximum absolute atomic E-state index is 12.9. The molecule has 1 saturated heterocycles. The lowest BCUT2D eigenvalue weighted by Crippen LogP contribution is -2.42. The monoisotopic (exact) mass is 373 g/mol. The average molecular weight is 374 g/mol. The van der Waals surface area contributed by atoms with Crippen molar-refractivity contribution >= 4 is 17.5 Å². The summed E-state index contributed by atoms with van der Waals surface area (Å²) in [5.74, 6) is 0.0442. The van der Waals surface area contributed by atoms with E-state index in [1.807, 2.05) is 42.5 Å². The molecule has 1 amide bonds. The Labute approximate surface area is 159 Å². The van der Waals surface area contributed by atoms with Gasteiger partial charge in [0.1, 0.15) is 0 Å². The standard InChI is InChI=1S/C20H24ClN3O2/c21-17-6-4-15(5-7-17)19(18-3-1-2-10-22-18)23-20(26)16-8-11-24(12-9-16)13-14-25/h1-7,10,16,19,25H,8-9,11-14H2,(H,23,26). The zero-order valence-electron chi connectivity index (χ0n) is 14.6. The molecule has 0 bridgehead atoms. The second kappa shape index (κ2) is 9.12. The fraction of sp³-hybridized carbons (Fsp3) is 0.400. The predicted molar refractivity (Wildman–Crippen MR) is 102 cm³/mol. The number of carbonyl (C=O) groups is 1. The lowest BCUT2D eigenvalue weighted by Gasteiger charge is -2.31. The van der Waals surface area contributed by atoms with E-state index in [1.54, 1.807) is 6.20 Å². The van der Waals surface area contributed by atoms with Gasteiger partial charge in [-0.1, -0.05) is 29.8 Å². The van der Waals surface area contributed by atoms with Gasteiger partial charge in [-0.2, -0.15) is 0 Å². The molecule has 1 aliphatic rings. The highest BCUT2D eigenvalue weighted by molar-refractivity contribution is 6.30. The van der Waals surface area contributed by atoms with E-state index >= 15 is 0 Å². The number of nitrogens with one attached hydrogen (secondary N) is 1. The molecule has 2 heterocycles. The summed E-state index contributed by atoms with van der Waals surface area (Å²) in [4.78, 5) is 19.5. The highest BCUT2D eigenvalue weighted by atomic mass is 35.5. The van der Waals surface area contributed by atoms with Gasteiger partial charge in [0.15, 0.2) is 0 Å². The number of aliphatic hydroxyl groups excluding tert-OH is 1. The zero-order valence-corrected chi connectivity index (χ0v) is 15.4. The molecule has 2 aromatic rings. The van der Waals surface area contributed by atoms with Crippen LogP contribution in [0.4, 0.5) is 0 Å². The van der Waals surface area contributed by atoms with Gasteiger partial charge >= 0.3 is 0 Å². The van der Waals surface area contributed by atoms with Crippen LogP contribution in [0.1, 0.15) is 30.1 Å². The quantitative estimate of drug-likeness (QED) is 0.817. The topological polar surface area (TPSA) is 65.5 Å². The molecule has 6 heteroatoms. The number of halogens is 1. The number of likely N-dealkylation sites (tertiary alicyclic amines) is 1. The molecule has 0 spiro atoms. The van der Waals surface area contributed by atoms with Crippen molar-refractivity contribution in [2.75, 3.05) is 26.2 Å². The van der Waals surface area contributed by atoms with Crippen molar-refractivity contribution in [2.24, 2.45) is 5.92 Å². The molecule has 1 aromatic carbocycles. The third kappa shape index (κ3) is 4.81. The van der Waals surface area contributed by atoms with Crippen LogP contribution in [0, 0.1) is 5.92 Å². The second-order valence-corrected chi connectivity index (χ2v) is 7.02. The molecular weight excluding hydrogens is 350 g/mol. The van der Waals surface area contributed by atoms with Gasteiger partial charge in [-0.15, -0.1) is 0 Å². The highest BCUT2D eigenvalue weighted by Gasteiger charge is 2.27. The third-order valence-electron chi connectivity index (χ3n) is 4.85. The summed E-state index contributed by atoms with van der Waals surface area (Å²) < 4.78 is 0. The summed E-state index contributed by atoms with van der Waals surface area (Å²) >= 11 is 6.00. The first-order valence-electron chi connectivity index (χ1n) is 8.97. The Morgan fingerprint density at radius 2 is 1.96 bits per heavy atom. The van der Waals surface area contributed by atoms with Gasteiger partial charge in [0.2, 0.25) is 5.91 Å². The summed E-state index contributed by atoms with van der Waals surface area (Å²) in [6.45, 7) is 2.52. The van der Waals surface area contributed by atoms with Crippen LogP contribution < -0.4 is 5.32 Å². The molecule has 138 valence electrons. The van der Waals surface area contributed by atoms with Crippen molar-refractivity contribution in [3.8, 4) is 0 Å². The number of nitrogens with zero attached hydrogens (tertiary/aromatic N) is 2. The number of β-amino-alcohol motifs (C(OH)–C–C–N with tert-alkyl or cyclic N) is 1. The van der Waals surface area contributed by atoms with Crippen LogP contribution in [-0.2, 0) is 4.79 Å². The average Bonchev–Trinajstić information content (AvgIpc) is 2.68. The van der Waals surface area contributed by atoms with E-state index in [2.05, 4.69) is 15.2 Å². The number of hydrogen-bond acceptors (Lipinski definition) is 4. The predicted octanol–water partition coefficient (Wildman–Crippen LogP) is 2.64. The molecule has 1 aliphatic heterocycles. The van der Waals surface area contributed by atoms with Crippen LogP contribution in [0.2, 0.25) is 5.02 Å². The van der Waals surface area contributed by atoms with Crippen molar-refractivity contribution in [3.63, 3.8) is 0 Å². The van der Waals surface area contributed by atoms with E-state index < -0.39 is 0 Å². The van der Waals surface area contributed by atoms with Gasteiger partial charge in [0, 0.05) is 23.7 Å². The molecule has 0 saturated carbocycles. The molecule has 1 atom stereocenters. The van der Waals surface area contributed by atoms with Gasteiger partial charge in [0.25, 0.3) is 0 Å². The van der Waals surface area contributed by atoms with Gasteiger partial charge in [0.05, 0.1) is 18.3 Å². The number of benzene rings is 1. The molecule has 1 unspecified atom stereocenters. The fourth-order valence-electron chi connectivity index (χ4n) is 3.35. The first kappa shape index (κ1) is 18.8. The number of aliphatic hydroxyl groups is 1. The summed E-state index contributed by atoms with van der Waals surface area (Å²) in [6.07, 6.45) is 3.35. The Morgan fingerprint density at radius 3 is 2.58 bits per heavy atom. The van der Waals surface area contributed by atoms with Gasteiger partial charge in [-0.05, 0) is 55.8 Å². The van der Waals surface area contributed by atoms with E-state index in [4.69, 9.17) is 16.7 Å². The lowest BCUT2D eigenvalue weighted by molar-refractivity contribution is -0.127. The number of rotatable bonds is 6. The molecule has 26 heavy (non-hydrogen) atoms. The zero-order chi connectivity index (χ0) is 18.4. The van der Waals surface area contributed by atoms with Crippen molar-refractivity contribution in [2.45, 2.75) is 18.9 Å². The fourth-order valence-corrected chi connectivity index (χ4v) is 3.48. The Balaban J connectivity index is 1.72. The molecular formula is C20H24ClN3O2. The van der Waals surface area contributed by atoms with Crippen molar-refractivity contribution in [1.82, 2.24) is 15.2 Å². The van der Waals surface area contributed by atoms with E-state index in [9.17, 15) is 4.79 Å². The summed E-state index contributed by atoms with van der Waals surface area (Å²) in [5.41, 5.74) is 1.76. The van der Waals surface area contributed by atoms with E-state index in [-0.39, 0.29) is 24.5 Å². The number of amides is 1. The Hall–Kier alpha value is -1.95.